The maximum Gasteiger partial charge on any atom is 0.416 e. The summed E-state index contributed by atoms with van der Waals surface area (Å²) in [5.41, 5.74) is -2.09. The Morgan fingerprint density at radius 3 is 2.40 bits per heavy atom. The summed E-state index contributed by atoms with van der Waals surface area (Å²) in [6.07, 6.45) is -4.74. The van der Waals surface area contributed by atoms with Crippen LogP contribution < -0.4 is 5.32 Å². The van der Waals surface area contributed by atoms with Crippen LogP contribution in [0.15, 0.2) is 18.2 Å². The van der Waals surface area contributed by atoms with E-state index in [0.29, 0.717) is 18.2 Å². The first kappa shape index (κ1) is 16.3. The fourth-order valence-electron chi connectivity index (χ4n) is 1.30. The third-order valence-corrected chi connectivity index (χ3v) is 2.69. The minimum Gasteiger partial charge on any atom is -0.480 e. The van der Waals surface area contributed by atoms with Crippen molar-refractivity contribution in [3.63, 3.8) is 0 Å². The van der Waals surface area contributed by atoms with E-state index in [0.717, 1.165) is 0 Å². The number of aliphatic carboxylic acids is 1. The number of hydrogen-bond acceptors (Lipinski definition) is 3. The molecule has 0 aliphatic carbocycles. The summed E-state index contributed by atoms with van der Waals surface area (Å²) in [5.74, 6) is -4.16. The molecule has 0 aliphatic heterocycles. The number of carboxylic acids is 1. The van der Waals surface area contributed by atoms with Crippen molar-refractivity contribution in [1.29, 1.82) is 0 Å². The van der Waals surface area contributed by atoms with Crippen LogP contribution >= 0.6 is 12.6 Å². The van der Waals surface area contributed by atoms with E-state index >= 15 is 0 Å². The van der Waals surface area contributed by atoms with Gasteiger partial charge in [0.15, 0.2) is 0 Å². The summed E-state index contributed by atoms with van der Waals surface area (Å²) >= 11 is 3.66. The molecule has 1 aromatic carbocycles. The molecule has 20 heavy (non-hydrogen) atoms. The van der Waals surface area contributed by atoms with Gasteiger partial charge in [-0.15, -0.1) is 0 Å². The Labute approximate surface area is 116 Å². The largest absolute Gasteiger partial charge is 0.480 e. The monoisotopic (exact) mass is 311 g/mol. The highest BCUT2D eigenvalue weighted by molar-refractivity contribution is 7.80. The van der Waals surface area contributed by atoms with Crippen LogP contribution in [0, 0.1) is 5.82 Å². The maximum absolute atomic E-state index is 13.4. The van der Waals surface area contributed by atoms with E-state index < -0.39 is 41.0 Å². The van der Waals surface area contributed by atoms with Gasteiger partial charge in [-0.3, -0.25) is 4.79 Å². The molecule has 4 nitrogen and oxygen atoms in total. The van der Waals surface area contributed by atoms with E-state index in [1.165, 1.54) is 0 Å². The molecular formula is C11H9F4NO3S. The molecule has 0 unspecified atom stereocenters. The van der Waals surface area contributed by atoms with Gasteiger partial charge >= 0.3 is 12.1 Å². The van der Waals surface area contributed by atoms with Crippen molar-refractivity contribution in [2.75, 3.05) is 5.75 Å². The molecule has 1 rings (SSSR count). The van der Waals surface area contributed by atoms with Crippen molar-refractivity contribution in [2.24, 2.45) is 0 Å². The summed E-state index contributed by atoms with van der Waals surface area (Å²) in [6, 6.07) is -0.129. The molecule has 0 saturated carbocycles. The highest BCUT2D eigenvalue weighted by Gasteiger charge is 2.32. The molecule has 0 aliphatic rings. The molecular weight excluding hydrogens is 302 g/mol. The molecule has 0 fully saturated rings. The van der Waals surface area contributed by atoms with Gasteiger partial charge in [-0.05, 0) is 18.2 Å². The lowest BCUT2D eigenvalue weighted by Crippen LogP contribution is -2.42. The zero-order chi connectivity index (χ0) is 15.5. The maximum atomic E-state index is 13.4. The van der Waals surface area contributed by atoms with Gasteiger partial charge < -0.3 is 10.4 Å². The van der Waals surface area contributed by atoms with Gasteiger partial charge in [0.1, 0.15) is 11.9 Å². The lowest BCUT2D eigenvalue weighted by molar-refractivity contribution is -0.139. The normalized spacial score (nSPS) is 12.8. The van der Waals surface area contributed by atoms with Crippen molar-refractivity contribution in [2.45, 2.75) is 12.2 Å². The van der Waals surface area contributed by atoms with E-state index in [1.807, 2.05) is 5.32 Å². The van der Waals surface area contributed by atoms with Gasteiger partial charge in [-0.1, -0.05) is 0 Å². The predicted octanol–water partition coefficient (Wildman–Crippen LogP) is 1.96. The van der Waals surface area contributed by atoms with E-state index in [-0.39, 0.29) is 5.75 Å². The summed E-state index contributed by atoms with van der Waals surface area (Å²) in [7, 11) is 0. The van der Waals surface area contributed by atoms with Crippen LogP contribution in [0.3, 0.4) is 0 Å². The third kappa shape index (κ3) is 3.86. The molecule has 0 radical (unpaired) electrons. The SMILES string of the molecule is O=C(N[C@@H](CS)C(=O)O)c1cc(C(F)(F)F)ccc1F. The Balaban J connectivity index is 3.06. The standard InChI is InChI=1S/C11H9F4NO3S/c12-7-2-1-5(11(13,14)15)3-6(7)9(17)16-8(4-20)10(18)19/h1-3,8,20H,4H2,(H,16,17)(H,18,19)/t8-/m0/s1. The average Bonchev–Trinajstić information content (AvgIpc) is 2.34. The molecule has 1 amide bonds. The summed E-state index contributed by atoms with van der Waals surface area (Å²) < 4.78 is 50.7. The van der Waals surface area contributed by atoms with Gasteiger partial charge in [0.25, 0.3) is 5.91 Å². The van der Waals surface area contributed by atoms with Crippen LogP contribution in [0.2, 0.25) is 0 Å². The molecule has 0 spiro atoms. The lowest BCUT2D eigenvalue weighted by Gasteiger charge is -2.13. The van der Waals surface area contributed by atoms with Crippen molar-refractivity contribution in [3.05, 3.63) is 35.1 Å². The van der Waals surface area contributed by atoms with Crippen molar-refractivity contribution in [3.8, 4) is 0 Å². The van der Waals surface area contributed by atoms with Crippen LogP contribution in [-0.2, 0) is 11.0 Å². The number of carboxylic acid groups (broad SMARTS) is 1. The highest BCUT2D eigenvalue weighted by atomic mass is 32.1. The van der Waals surface area contributed by atoms with Crippen molar-refractivity contribution < 1.29 is 32.3 Å². The average molecular weight is 311 g/mol. The van der Waals surface area contributed by atoms with E-state index in [1.54, 1.807) is 0 Å². The number of amides is 1. The van der Waals surface area contributed by atoms with Gasteiger partial charge in [0, 0.05) is 5.75 Å². The van der Waals surface area contributed by atoms with E-state index in [4.69, 9.17) is 5.11 Å². The van der Waals surface area contributed by atoms with Crippen molar-refractivity contribution >= 4 is 24.5 Å². The van der Waals surface area contributed by atoms with Crippen molar-refractivity contribution in [1.82, 2.24) is 5.32 Å². The van der Waals surface area contributed by atoms with Crippen LogP contribution in [0.1, 0.15) is 15.9 Å². The molecule has 2 N–H and O–H groups in total. The number of benzene rings is 1. The fourth-order valence-corrected chi connectivity index (χ4v) is 1.54. The predicted molar refractivity (Wildman–Crippen MR) is 64.1 cm³/mol. The molecule has 0 aromatic heterocycles. The summed E-state index contributed by atoms with van der Waals surface area (Å²) in [4.78, 5) is 22.3. The quantitative estimate of drug-likeness (QED) is 0.588. The van der Waals surface area contributed by atoms with Crippen LogP contribution in [0.4, 0.5) is 17.6 Å². The number of carbonyl (C=O) groups excluding carboxylic acids is 1. The second kappa shape index (κ2) is 6.12. The minimum absolute atomic E-state index is 0.290. The van der Waals surface area contributed by atoms with Crippen LogP contribution in [-0.4, -0.2) is 28.8 Å². The lowest BCUT2D eigenvalue weighted by atomic mass is 10.1. The zero-order valence-electron chi connectivity index (χ0n) is 9.74. The number of carbonyl (C=O) groups is 2. The highest BCUT2D eigenvalue weighted by Crippen LogP contribution is 2.30. The first-order valence-corrected chi connectivity index (χ1v) is 5.81. The first-order chi connectivity index (χ1) is 9.16. The van der Waals surface area contributed by atoms with Gasteiger partial charge in [-0.2, -0.15) is 25.8 Å². The molecule has 0 saturated heterocycles. The Kier molecular flexibility index (Phi) is 4.98. The Hall–Kier alpha value is -1.77. The Morgan fingerprint density at radius 1 is 1.35 bits per heavy atom. The first-order valence-electron chi connectivity index (χ1n) is 5.18. The number of thiol groups is 1. The molecule has 1 atom stereocenters. The van der Waals surface area contributed by atoms with E-state index in [2.05, 4.69) is 12.6 Å². The van der Waals surface area contributed by atoms with Crippen LogP contribution in [0.25, 0.3) is 0 Å². The molecule has 0 heterocycles. The van der Waals surface area contributed by atoms with Crippen LogP contribution in [0.5, 0.6) is 0 Å². The minimum atomic E-state index is -4.74. The fraction of sp³-hybridized carbons (Fsp3) is 0.273. The second-order valence-electron chi connectivity index (χ2n) is 3.74. The Bertz CT molecular complexity index is 533. The second-order valence-corrected chi connectivity index (χ2v) is 4.10. The van der Waals surface area contributed by atoms with Gasteiger partial charge in [0.05, 0.1) is 11.1 Å². The third-order valence-electron chi connectivity index (χ3n) is 2.32. The molecule has 1 aromatic rings. The number of hydrogen-bond donors (Lipinski definition) is 3. The molecule has 110 valence electrons. The smallest absolute Gasteiger partial charge is 0.416 e. The molecule has 0 bridgehead atoms. The van der Waals surface area contributed by atoms with Gasteiger partial charge in [0.2, 0.25) is 0 Å². The Morgan fingerprint density at radius 2 is 1.95 bits per heavy atom. The number of alkyl halides is 3. The van der Waals surface area contributed by atoms with Gasteiger partial charge in [-0.25, -0.2) is 9.18 Å². The van der Waals surface area contributed by atoms with E-state index in [9.17, 15) is 27.2 Å². The number of nitrogens with one attached hydrogen (secondary N) is 1. The summed E-state index contributed by atoms with van der Waals surface area (Å²) in [6.45, 7) is 0. The summed E-state index contributed by atoms with van der Waals surface area (Å²) in [5, 5.41) is 10.6. The number of halogens is 4. The molecule has 9 heteroatoms. The zero-order valence-corrected chi connectivity index (χ0v) is 10.6. The number of rotatable bonds is 4. The topological polar surface area (TPSA) is 66.4 Å².